The quantitative estimate of drug-likeness (QED) is 0.272. The molecule has 0 saturated heterocycles. The standard InChI is InChI=1S/C22H21ClF4N4O2S/c1-12(2)31-20(13(3)33-18-7-5-4-6-16(18)24)29-30-21(31)34-11-19(32)28-17-10-14(22(25,26)27)8-9-15(17)23/h4-10,12-13H,11H2,1-3H3,(H,28,32). The molecule has 1 unspecified atom stereocenters. The first-order chi connectivity index (χ1) is 16.0. The number of ether oxygens (including phenoxy) is 1. The first-order valence-electron chi connectivity index (χ1n) is 10.1. The van der Waals surface area contributed by atoms with Gasteiger partial charge in [0.05, 0.1) is 22.0 Å². The minimum absolute atomic E-state index is 0.0156. The number of hydrogen-bond donors (Lipinski definition) is 1. The average Bonchev–Trinajstić information content (AvgIpc) is 3.19. The number of nitrogens with zero attached hydrogens (tertiary/aromatic N) is 3. The molecule has 0 saturated carbocycles. The van der Waals surface area contributed by atoms with Crippen molar-refractivity contribution in [1.29, 1.82) is 0 Å². The van der Waals surface area contributed by atoms with Gasteiger partial charge in [0.2, 0.25) is 5.91 Å². The van der Waals surface area contributed by atoms with Crippen LogP contribution in [-0.2, 0) is 11.0 Å². The van der Waals surface area contributed by atoms with Gasteiger partial charge in [-0.15, -0.1) is 10.2 Å². The van der Waals surface area contributed by atoms with Crippen molar-refractivity contribution in [2.24, 2.45) is 0 Å². The van der Waals surface area contributed by atoms with E-state index in [1.54, 1.807) is 23.6 Å². The molecule has 0 aliphatic heterocycles. The summed E-state index contributed by atoms with van der Waals surface area (Å²) in [4.78, 5) is 12.4. The summed E-state index contributed by atoms with van der Waals surface area (Å²) in [7, 11) is 0. The third kappa shape index (κ3) is 6.20. The number of benzene rings is 2. The maximum Gasteiger partial charge on any atom is 0.416 e. The zero-order chi connectivity index (χ0) is 25.0. The Morgan fingerprint density at radius 3 is 2.53 bits per heavy atom. The second kappa shape index (κ2) is 10.6. The summed E-state index contributed by atoms with van der Waals surface area (Å²) in [5.41, 5.74) is -1.06. The van der Waals surface area contributed by atoms with Crippen LogP contribution in [0.2, 0.25) is 5.02 Å². The maximum absolute atomic E-state index is 13.9. The molecule has 3 rings (SSSR count). The zero-order valence-corrected chi connectivity index (χ0v) is 19.9. The molecule has 1 heterocycles. The summed E-state index contributed by atoms with van der Waals surface area (Å²) in [6.45, 7) is 5.47. The Labute approximate surface area is 202 Å². The van der Waals surface area contributed by atoms with E-state index < -0.39 is 29.6 Å². The minimum atomic E-state index is -4.57. The maximum atomic E-state index is 13.9. The van der Waals surface area contributed by atoms with Crippen LogP contribution in [0, 0.1) is 5.82 Å². The number of thioether (sulfide) groups is 1. The number of rotatable bonds is 8. The molecule has 0 aliphatic carbocycles. The smallest absolute Gasteiger partial charge is 0.416 e. The SMILES string of the molecule is CC(Oc1ccccc1F)c1nnc(SCC(=O)Nc2cc(C(F)(F)F)ccc2Cl)n1C(C)C. The predicted octanol–water partition coefficient (Wildman–Crippen LogP) is 6.54. The van der Waals surface area contributed by atoms with Crippen molar-refractivity contribution >= 4 is 35.0 Å². The molecular weight excluding hydrogens is 496 g/mol. The van der Waals surface area contributed by atoms with Gasteiger partial charge >= 0.3 is 6.18 Å². The number of carbonyl (C=O) groups excluding carboxylic acids is 1. The third-order valence-corrected chi connectivity index (χ3v) is 5.88. The largest absolute Gasteiger partial charge is 0.480 e. The van der Waals surface area contributed by atoms with E-state index in [2.05, 4.69) is 15.5 Å². The molecular formula is C22H21ClF4N4O2S. The van der Waals surface area contributed by atoms with Crippen molar-refractivity contribution in [3.05, 3.63) is 64.7 Å². The fourth-order valence-corrected chi connectivity index (χ4v) is 4.09. The molecule has 2 aromatic carbocycles. The van der Waals surface area contributed by atoms with Gasteiger partial charge in [0, 0.05) is 6.04 Å². The van der Waals surface area contributed by atoms with E-state index in [9.17, 15) is 22.4 Å². The molecule has 182 valence electrons. The monoisotopic (exact) mass is 516 g/mol. The Hall–Kier alpha value is -2.79. The number of nitrogens with one attached hydrogen (secondary N) is 1. The number of hydrogen-bond acceptors (Lipinski definition) is 5. The zero-order valence-electron chi connectivity index (χ0n) is 18.4. The summed E-state index contributed by atoms with van der Waals surface area (Å²) < 4.78 is 60.2. The van der Waals surface area contributed by atoms with Gasteiger partial charge in [-0.1, -0.05) is 35.5 Å². The Bertz CT molecular complexity index is 1170. The molecule has 0 bridgehead atoms. The van der Waals surface area contributed by atoms with Crippen molar-refractivity contribution < 1.29 is 27.1 Å². The Balaban J connectivity index is 1.71. The lowest BCUT2D eigenvalue weighted by Gasteiger charge is -2.19. The van der Waals surface area contributed by atoms with Crippen LogP contribution >= 0.6 is 23.4 Å². The van der Waals surface area contributed by atoms with Gasteiger partial charge in [0.1, 0.15) is 0 Å². The lowest BCUT2D eigenvalue weighted by Crippen LogP contribution is -2.17. The molecule has 6 nitrogen and oxygen atoms in total. The highest BCUT2D eigenvalue weighted by Crippen LogP contribution is 2.34. The van der Waals surface area contributed by atoms with E-state index in [1.807, 2.05) is 13.8 Å². The lowest BCUT2D eigenvalue weighted by atomic mass is 10.2. The van der Waals surface area contributed by atoms with Gasteiger partial charge < -0.3 is 14.6 Å². The van der Waals surface area contributed by atoms with Gasteiger partial charge in [-0.2, -0.15) is 13.2 Å². The molecule has 1 atom stereocenters. The topological polar surface area (TPSA) is 69.0 Å². The summed E-state index contributed by atoms with van der Waals surface area (Å²) in [5, 5.41) is 11.0. The van der Waals surface area contributed by atoms with E-state index in [1.165, 1.54) is 12.1 Å². The number of aromatic nitrogens is 3. The summed E-state index contributed by atoms with van der Waals surface area (Å²) >= 11 is 6.98. The molecule has 1 N–H and O–H groups in total. The average molecular weight is 517 g/mol. The second-order valence-electron chi connectivity index (χ2n) is 7.52. The number of alkyl halides is 3. The highest BCUT2D eigenvalue weighted by atomic mass is 35.5. The van der Waals surface area contributed by atoms with Crippen LogP contribution in [0.5, 0.6) is 5.75 Å². The van der Waals surface area contributed by atoms with Crippen LogP contribution in [0.15, 0.2) is 47.6 Å². The Morgan fingerprint density at radius 2 is 1.88 bits per heavy atom. The number of amides is 1. The number of anilines is 1. The van der Waals surface area contributed by atoms with Crippen LogP contribution in [0.1, 0.15) is 44.3 Å². The van der Waals surface area contributed by atoms with Crippen LogP contribution < -0.4 is 10.1 Å². The van der Waals surface area contributed by atoms with Crippen LogP contribution in [-0.4, -0.2) is 26.4 Å². The third-order valence-electron chi connectivity index (χ3n) is 4.61. The normalized spacial score (nSPS) is 12.6. The number of carbonyl (C=O) groups is 1. The molecule has 0 fully saturated rings. The van der Waals surface area contributed by atoms with Crippen LogP contribution in [0.3, 0.4) is 0 Å². The van der Waals surface area contributed by atoms with Gasteiger partial charge in [0.15, 0.2) is 28.7 Å². The predicted molar refractivity (Wildman–Crippen MR) is 122 cm³/mol. The van der Waals surface area contributed by atoms with Crippen LogP contribution in [0.4, 0.5) is 23.2 Å². The summed E-state index contributed by atoms with van der Waals surface area (Å²) in [5.74, 6) is -0.729. The van der Waals surface area contributed by atoms with Crippen molar-refractivity contribution in [1.82, 2.24) is 14.8 Å². The minimum Gasteiger partial charge on any atom is -0.480 e. The van der Waals surface area contributed by atoms with Crippen molar-refractivity contribution in [3.63, 3.8) is 0 Å². The molecule has 0 spiro atoms. The van der Waals surface area contributed by atoms with E-state index in [4.69, 9.17) is 16.3 Å². The van der Waals surface area contributed by atoms with Crippen LogP contribution in [0.25, 0.3) is 0 Å². The highest BCUT2D eigenvalue weighted by molar-refractivity contribution is 7.99. The van der Waals surface area contributed by atoms with Crippen molar-refractivity contribution in [3.8, 4) is 5.75 Å². The van der Waals surface area contributed by atoms with Gasteiger partial charge in [-0.25, -0.2) is 4.39 Å². The fraction of sp³-hybridized carbons (Fsp3) is 0.318. The van der Waals surface area contributed by atoms with Crippen molar-refractivity contribution in [2.75, 3.05) is 11.1 Å². The Kier molecular flexibility index (Phi) is 8.09. The van der Waals surface area contributed by atoms with E-state index in [0.717, 1.165) is 30.0 Å². The molecule has 0 aliphatic rings. The first-order valence-corrected chi connectivity index (χ1v) is 11.5. The second-order valence-corrected chi connectivity index (χ2v) is 8.87. The molecule has 3 aromatic rings. The van der Waals surface area contributed by atoms with Gasteiger partial charge in [0.25, 0.3) is 0 Å². The van der Waals surface area contributed by atoms with E-state index in [-0.39, 0.29) is 28.3 Å². The van der Waals surface area contributed by atoms with E-state index >= 15 is 0 Å². The first kappa shape index (κ1) is 25.8. The van der Waals surface area contributed by atoms with Crippen molar-refractivity contribution in [2.45, 2.75) is 44.2 Å². The Morgan fingerprint density at radius 1 is 1.18 bits per heavy atom. The lowest BCUT2D eigenvalue weighted by molar-refractivity contribution is -0.137. The van der Waals surface area contributed by atoms with Gasteiger partial charge in [-0.3, -0.25) is 4.79 Å². The molecule has 12 heteroatoms. The molecule has 1 aromatic heterocycles. The number of para-hydroxylation sites is 1. The molecule has 34 heavy (non-hydrogen) atoms. The highest BCUT2D eigenvalue weighted by Gasteiger charge is 2.31. The fourth-order valence-electron chi connectivity index (χ4n) is 3.05. The molecule has 1 amide bonds. The summed E-state index contributed by atoms with van der Waals surface area (Å²) in [6.07, 6.45) is -5.21. The van der Waals surface area contributed by atoms with E-state index in [0.29, 0.717) is 11.0 Å². The van der Waals surface area contributed by atoms with Gasteiger partial charge in [-0.05, 0) is 51.1 Å². The number of halogens is 5. The molecule has 0 radical (unpaired) electrons. The summed E-state index contributed by atoms with van der Waals surface area (Å²) in [6, 6.07) is 8.56.